The SMILES string of the molecule is Cc1c(-c2cccc(S(=O)(=O)N(C)C)c2)c2cc(C(=O)NC(C)C)ccc2n1CC(F)=CCN.Cl. The van der Waals surface area contributed by atoms with Crippen molar-refractivity contribution in [1.29, 1.82) is 0 Å². The summed E-state index contributed by atoms with van der Waals surface area (Å²) in [5.41, 5.74) is 8.82. The van der Waals surface area contributed by atoms with Gasteiger partial charge in [0.05, 0.1) is 11.4 Å². The van der Waals surface area contributed by atoms with Crippen LogP contribution in [-0.2, 0) is 16.6 Å². The molecule has 0 saturated heterocycles. The molecule has 1 heterocycles. The number of allylic oxidation sites excluding steroid dienone is 1. The molecule has 0 aliphatic rings. The molecule has 0 aliphatic carbocycles. The first-order chi connectivity index (χ1) is 16.0. The largest absolute Gasteiger partial charge is 0.350 e. The van der Waals surface area contributed by atoms with Gasteiger partial charge in [-0.25, -0.2) is 17.1 Å². The molecule has 3 rings (SSSR count). The second-order valence-corrected chi connectivity index (χ2v) is 10.8. The number of rotatable bonds is 8. The molecule has 3 aromatic rings. The summed E-state index contributed by atoms with van der Waals surface area (Å²) in [6.07, 6.45) is 1.32. The molecule has 0 saturated carbocycles. The van der Waals surface area contributed by atoms with Crippen LogP contribution in [-0.4, -0.2) is 49.9 Å². The second-order valence-electron chi connectivity index (χ2n) is 8.61. The van der Waals surface area contributed by atoms with Crippen LogP contribution in [0.25, 0.3) is 22.0 Å². The Hall–Kier alpha value is -2.72. The highest BCUT2D eigenvalue weighted by molar-refractivity contribution is 7.89. The van der Waals surface area contributed by atoms with E-state index in [9.17, 15) is 17.6 Å². The van der Waals surface area contributed by atoms with Crippen LogP contribution < -0.4 is 11.1 Å². The van der Waals surface area contributed by atoms with Crippen LogP contribution in [0.3, 0.4) is 0 Å². The summed E-state index contributed by atoms with van der Waals surface area (Å²) < 4.78 is 42.9. The first-order valence-corrected chi connectivity index (χ1v) is 12.4. The Labute approximate surface area is 212 Å². The number of fused-ring (bicyclic) bond motifs is 1. The molecular weight excluding hydrogens is 491 g/mol. The normalized spacial score (nSPS) is 12.3. The number of halogens is 2. The van der Waals surface area contributed by atoms with Gasteiger partial charge in [0.1, 0.15) is 5.83 Å². The van der Waals surface area contributed by atoms with Crippen molar-refractivity contribution in [3.05, 3.63) is 65.6 Å². The van der Waals surface area contributed by atoms with Crippen molar-refractivity contribution in [2.45, 2.75) is 38.3 Å². The van der Waals surface area contributed by atoms with E-state index in [-0.39, 0.29) is 48.2 Å². The maximum atomic E-state index is 14.5. The van der Waals surface area contributed by atoms with Crippen LogP contribution >= 0.6 is 12.4 Å². The summed E-state index contributed by atoms with van der Waals surface area (Å²) in [4.78, 5) is 12.8. The first kappa shape index (κ1) is 28.5. The number of hydrogen-bond acceptors (Lipinski definition) is 4. The van der Waals surface area contributed by atoms with E-state index in [1.165, 1.54) is 20.2 Å². The molecule has 0 atom stereocenters. The molecule has 2 aromatic carbocycles. The Bertz CT molecular complexity index is 1360. The Morgan fingerprint density at radius 1 is 1.20 bits per heavy atom. The van der Waals surface area contributed by atoms with Gasteiger partial charge in [-0.2, -0.15) is 0 Å². The van der Waals surface area contributed by atoms with Crippen molar-refractivity contribution in [3.8, 4) is 11.1 Å². The van der Waals surface area contributed by atoms with Gasteiger partial charge in [0.25, 0.3) is 5.91 Å². The predicted octanol–water partition coefficient (Wildman–Crippen LogP) is 4.24. The van der Waals surface area contributed by atoms with E-state index in [0.29, 0.717) is 11.1 Å². The number of nitrogens with zero attached hydrogens (tertiary/aromatic N) is 2. The smallest absolute Gasteiger partial charge is 0.251 e. The Kier molecular flexibility index (Phi) is 9.24. The lowest BCUT2D eigenvalue weighted by Crippen LogP contribution is -2.29. The minimum absolute atomic E-state index is 0. The molecule has 1 aromatic heterocycles. The van der Waals surface area contributed by atoms with Crippen molar-refractivity contribution in [3.63, 3.8) is 0 Å². The molecule has 0 bridgehead atoms. The van der Waals surface area contributed by atoms with Crippen LogP contribution in [0.4, 0.5) is 4.39 Å². The number of nitrogens with one attached hydrogen (secondary N) is 1. The molecular formula is C25H32ClFN4O3S. The van der Waals surface area contributed by atoms with E-state index in [4.69, 9.17) is 5.73 Å². The van der Waals surface area contributed by atoms with Gasteiger partial charge in [0.2, 0.25) is 10.0 Å². The molecule has 190 valence electrons. The highest BCUT2D eigenvalue weighted by Crippen LogP contribution is 2.37. The lowest BCUT2D eigenvalue weighted by molar-refractivity contribution is 0.0943. The number of carbonyl (C=O) groups excluding carboxylic acids is 1. The standard InChI is InChI=1S/C25H31FN4O3S.ClH/c1-16(2)28-25(31)19-9-10-23-22(14-19)24(17(3)30(23)15-20(26)11-12-27)18-7-6-8-21(13-18)34(32,33)29(4)5;/h6-11,13-14,16H,12,15,27H2,1-5H3,(H,28,31);1H. The van der Waals surface area contributed by atoms with Crippen molar-refractivity contribution < 1.29 is 17.6 Å². The van der Waals surface area contributed by atoms with Crippen molar-refractivity contribution in [2.24, 2.45) is 5.73 Å². The van der Waals surface area contributed by atoms with Crippen molar-refractivity contribution >= 4 is 39.2 Å². The predicted molar refractivity (Wildman–Crippen MR) is 141 cm³/mol. The molecule has 0 fully saturated rings. The zero-order valence-corrected chi connectivity index (χ0v) is 22.1. The molecule has 1 amide bonds. The summed E-state index contributed by atoms with van der Waals surface area (Å²) in [5.74, 6) is -0.592. The third-order valence-electron chi connectivity index (χ3n) is 5.56. The van der Waals surface area contributed by atoms with E-state index in [1.807, 2.05) is 31.4 Å². The Morgan fingerprint density at radius 3 is 2.49 bits per heavy atom. The van der Waals surface area contributed by atoms with Crippen LogP contribution in [0.1, 0.15) is 29.9 Å². The molecule has 3 N–H and O–H groups in total. The van der Waals surface area contributed by atoms with E-state index in [0.717, 1.165) is 26.5 Å². The maximum Gasteiger partial charge on any atom is 0.251 e. The summed E-state index contributed by atoms with van der Waals surface area (Å²) in [5, 5.41) is 3.61. The number of nitrogens with two attached hydrogens (primary N) is 1. The summed E-state index contributed by atoms with van der Waals surface area (Å²) in [6.45, 7) is 5.68. The zero-order valence-electron chi connectivity index (χ0n) is 20.5. The number of benzene rings is 2. The zero-order chi connectivity index (χ0) is 25.2. The maximum absolute atomic E-state index is 14.5. The van der Waals surface area contributed by atoms with E-state index in [2.05, 4.69) is 5.32 Å². The van der Waals surface area contributed by atoms with Crippen molar-refractivity contribution in [2.75, 3.05) is 20.6 Å². The highest BCUT2D eigenvalue weighted by Gasteiger charge is 2.22. The van der Waals surface area contributed by atoms with Crippen molar-refractivity contribution in [1.82, 2.24) is 14.2 Å². The minimum atomic E-state index is -3.65. The van der Waals surface area contributed by atoms with E-state index >= 15 is 0 Å². The Balaban J connectivity index is 0.00000432. The van der Waals surface area contributed by atoms with E-state index < -0.39 is 10.0 Å². The number of amides is 1. The number of carbonyl (C=O) groups is 1. The monoisotopic (exact) mass is 522 g/mol. The fourth-order valence-corrected chi connectivity index (χ4v) is 4.85. The number of hydrogen-bond donors (Lipinski definition) is 2. The molecule has 0 radical (unpaired) electrons. The second kappa shape index (κ2) is 11.3. The average Bonchev–Trinajstić information content (AvgIpc) is 3.04. The minimum Gasteiger partial charge on any atom is -0.350 e. The third kappa shape index (κ3) is 5.92. The van der Waals surface area contributed by atoms with Gasteiger partial charge >= 0.3 is 0 Å². The molecule has 35 heavy (non-hydrogen) atoms. The quantitative estimate of drug-likeness (QED) is 0.462. The molecule has 0 aliphatic heterocycles. The summed E-state index contributed by atoms with van der Waals surface area (Å²) in [6, 6.07) is 11.9. The van der Waals surface area contributed by atoms with Gasteiger partial charge < -0.3 is 15.6 Å². The van der Waals surface area contributed by atoms with Gasteiger partial charge in [-0.3, -0.25) is 4.79 Å². The van der Waals surface area contributed by atoms with Crippen LogP contribution in [0.2, 0.25) is 0 Å². The van der Waals surface area contributed by atoms with Crippen LogP contribution in [0, 0.1) is 6.92 Å². The molecule has 7 nitrogen and oxygen atoms in total. The van der Waals surface area contributed by atoms with Gasteiger partial charge in [-0.15, -0.1) is 12.4 Å². The van der Waals surface area contributed by atoms with E-state index in [1.54, 1.807) is 36.4 Å². The lowest BCUT2D eigenvalue weighted by Gasteiger charge is -2.13. The third-order valence-corrected chi connectivity index (χ3v) is 7.37. The molecule has 10 heteroatoms. The average molecular weight is 523 g/mol. The van der Waals surface area contributed by atoms with Crippen LogP contribution in [0.15, 0.2) is 59.3 Å². The highest BCUT2D eigenvalue weighted by atomic mass is 35.5. The fourth-order valence-electron chi connectivity index (χ4n) is 3.90. The molecule has 0 unspecified atom stereocenters. The summed E-state index contributed by atoms with van der Waals surface area (Å²) >= 11 is 0. The summed E-state index contributed by atoms with van der Waals surface area (Å²) in [7, 11) is -0.694. The first-order valence-electron chi connectivity index (χ1n) is 11.0. The van der Waals surface area contributed by atoms with Gasteiger partial charge in [-0.05, 0) is 62.7 Å². The number of aromatic nitrogens is 1. The number of sulfonamides is 1. The fraction of sp³-hybridized carbons (Fsp3) is 0.320. The van der Waals surface area contributed by atoms with Crippen LogP contribution in [0.5, 0.6) is 0 Å². The Morgan fingerprint density at radius 2 is 1.89 bits per heavy atom. The molecule has 0 spiro atoms. The van der Waals surface area contributed by atoms with Gasteiger partial charge in [-0.1, -0.05) is 12.1 Å². The van der Waals surface area contributed by atoms with Gasteiger partial charge in [0.15, 0.2) is 0 Å². The van der Waals surface area contributed by atoms with Gasteiger partial charge in [0, 0.05) is 54.4 Å². The topological polar surface area (TPSA) is 97.4 Å². The lowest BCUT2D eigenvalue weighted by atomic mass is 10.0.